The van der Waals surface area contributed by atoms with E-state index in [0.717, 1.165) is 11.3 Å². The lowest BCUT2D eigenvalue weighted by Crippen LogP contribution is -2.41. The molecule has 2 aromatic rings. The number of anilines is 1. The van der Waals surface area contributed by atoms with E-state index >= 15 is 0 Å². The number of H-pyrrole nitrogens is 1. The van der Waals surface area contributed by atoms with Gasteiger partial charge < -0.3 is 14.8 Å². The number of rotatable bonds is 8. The molecule has 0 bridgehead atoms. The minimum atomic E-state index is -0.264. The summed E-state index contributed by atoms with van der Waals surface area (Å²) < 4.78 is 10.5. The third kappa shape index (κ3) is 6.45. The summed E-state index contributed by atoms with van der Waals surface area (Å²) in [6.07, 6.45) is 0. The summed E-state index contributed by atoms with van der Waals surface area (Å²) in [5, 5.41) is 14.5. The van der Waals surface area contributed by atoms with Crippen molar-refractivity contribution in [2.24, 2.45) is 5.10 Å². The molecule has 0 aliphatic carbocycles. The highest BCUT2D eigenvalue weighted by atomic mass is 32.2. The number of hydrazone groups is 1. The number of benzene rings is 1. The maximum absolute atomic E-state index is 11.9. The van der Waals surface area contributed by atoms with Crippen LogP contribution < -0.4 is 20.2 Å². The molecular formula is C18H26N6O3S. The van der Waals surface area contributed by atoms with E-state index in [1.54, 1.807) is 14.2 Å². The van der Waals surface area contributed by atoms with Crippen molar-refractivity contribution in [1.29, 1.82) is 0 Å². The van der Waals surface area contributed by atoms with Crippen LogP contribution in [0.2, 0.25) is 0 Å². The summed E-state index contributed by atoms with van der Waals surface area (Å²) in [7, 11) is 3.17. The molecule has 9 nitrogen and oxygen atoms in total. The molecule has 2 rings (SSSR count). The molecule has 0 saturated heterocycles. The first-order chi connectivity index (χ1) is 13.2. The zero-order valence-corrected chi connectivity index (χ0v) is 17.7. The van der Waals surface area contributed by atoms with Gasteiger partial charge in [-0.1, -0.05) is 11.8 Å². The largest absolute Gasteiger partial charge is 0.493 e. The van der Waals surface area contributed by atoms with E-state index in [1.165, 1.54) is 11.8 Å². The summed E-state index contributed by atoms with van der Waals surface area (Å²) >= 11 is 1.25. The van der Waals surface area contributed by atoms with E-state index in [4.69, 9.17) is 9.47 Å². The van der Waals surface area contributed by atoms with Crippen LogP contribution in [0.4, 0.5) is 5.95 Å². The van der Waals surface area contributed by atoms with E-state index in [1.807, 2.05) is 45.9 Å². The number of hydrogen-bond donors (Lipinski definition) is 3. The standard InChI is InChI=1S/C18H26N6O3S/c1-11(12-7-8-13(26-5)14(9-12)27-6)21-22-16-19-17(24-23-16)28-10-15(25)20-18(2,3)4/h7-9H,10H2,1-6H3,(H,20,25)(H2,19,22,23,24)/b21-11+. The Morgan fingerprint density at radius 3 is 2.61 bits per heavy atom. The Morgan fingerprint density at radius 1 is 1.25 bits per heavy atom. The number of ether oxygens (including phenoxy) is 2. The Balaban J connectivity index is 1.95. The van der Waals surface area contributed by atoms with Gasteiger partial charge in [-0.2, -0.15) is 10.1 Å². The first-order valence-corrected chi connectivity index (χ1v) is 9.59. The second-order valence-electron chi connectivity index (χ2n) is 6.93. The van der Waals surface area contributed by atoms with Gasteiger partial charge in [0, 0.05) is 11.1 Å². The van der Waals surface area contributed by atoms with Gasteiger partial charge in [-0.05, 0) is 45.9 Å². The van der Waals surface area contributed by atoms with Crippen LogP contribution in [0, 0.1) is 0 Å². The van der Waals surface area contributed by atoms with Crippen molar-refractivity contribution in [1.82, 2.24) is 20.5 Å². The average molecular weight is 407 g/mol. The number of methoxy groups -OCH3 is 2. The molecule has 0 radical (unpaired) electrons. The van der Waals surface area contributed by atoms with Gasteiger partial charge in [-0.15, -0.1) is 5.10 Å². The second-order valence-corrected chi connectivity index (χ2v) is 7.87. The third-order valence-electron chi connectivity index (χ3n) is 3.44. The molecule has 0 aliphatic rings. The normalized spacial score (nSPS) is 11.9. The van der Waals surface area contributed by atoms with Crippen LogP contribution in [0.3, 0.4) is 0 Å². The first-order valence-electron chi connectivity index (χ1n) is 8.60. The van der Waals surface area contributed by atoms with Gasteiger partial charge in [-0.25, -0.2) is 10.5 Å². The maximum Gasteiger partial charge on any atom is 0.240 e. The molecule has 1 aromatic carbocycles. The van der Waals surface area contributed by atoms with Crippen LogP contribution in [0.1, 0.15) is 33.3 Å². The quantitative estimate of drug-likeness (QED) is 0.351. The number of aromatic nitrogens is 3. The summed E-state index contributed by atoms with van der Waals surface area (Å²) in [6.45, 7) is 7.66. The second kappa shape index (κ2) is 9.45. The molecule has 3 N–H and O–H groups in total. The topological polar surface area (TPSA) is 114 Å². The van der Waals surface area contributed by atoms with Gasteiger partial charge >= 0.3 is 0 Å². The summed E-state index contributed by atoms with van der Waals surface area (Å²) in [6, 6.07) is 5.55. The molecule has 0 atom stereocenters. The van der Waals surface area contributed by atoms with Crippen molar-refractivity contribution in [3.05, 3.63) is 23.8 Å². The summed E-state index contributed by atoms with van der Waals surface area (Å²) in [5.41, 5.74) is 4.17. The molecule has 10 heteroatoms. The molecule has 0 unspecified atom stereocenters. The fourth-order valence-electron chi connectivity index (χ4n) is 2.21. The van der Waals surface area contributed by atoms with Crippen LogP contribution in [0.5, 0.6) is 11.5 Å². The SMILES string of the molecule is COc1ccc(/C(C)=N/Nc2nc(SCC(=O)NC(C)(C)C)n[nH]2)cc1OC. The zero-order chi connectivity index (χ0) is 20.7. The van der Waals surface area contributed by atoms with E-state index in [0.29, 0.717) is 22.6 Å². The van der Waals surface area contributed by atoms with Crippen LogP contribution in [-0.4, -0.2) is 52.3 Å². The monoisotopic (exact) mass is 406 g/mol. The number of aromatic amines is 1. The molecule has 0 aliphatic heterocycles. The molecule has 0 saturated carbocycles. The smallest absolute Gasteiger partial charge is 0.240 e. The van der Waals surface area contributed by atoms with Gasteiger partial charge in [0.2, 0.25) is 17.0 Å². The number of thioether (sulfide) groups is 1. The first kappa shape index (κ1) is 21.5. The molecular weight excluding hydrogens is 380 g/mol. The average Bonchev–Trinajstić information content (AvgIpc) is 3.10. The lowest BCUT2D eigenvalue weighted by atomic mass is 10.1. The van der Waals surface area contributed by atoms with E-state index < -0.39 is 0 Å². The van der Waals surface area contributed by atoms with E-state index in [2.05, 4.69) is 31.0 Å². The van der Waals surface area contributed by atoms with Crippen LogP contribution in [-0.2, 0) is 4.79 Å². The Morgan fingerprint density at radius 2 is 1.96 bits per heavy atom. The van der Waals surface area contributed by atoms with Crippen molar-refractivity contribution in [3.63, 3.8) is 0 Å². The lowest BCUT2D eigenvalue weighted by molar-refractivity contribution is -0.119. The third-order valence-corrected chi connectivity index (χ3v) is 4.29. The van der Waals surface area contributed by atoms with Crippen LogP contribution in [0.15, 0.2) is 28.5 Å². The molecule has 1 aromatic heterocycles. The molecule has 0 fully saturated rings. The highest BCUT2D eigenvalue weighted by Gasteiger charge is 2.15. The summed E-state index contributed by atoms with van der Waals surface area (Å²) in [5.74, 6) is 1.83. The fraction of sp³-hybridized carbons (Fsp3) is 0.444. The minimum Gasteiger partial charge on any atom is -0.493 e. The Labute approximate surface area is 168 Å². The van der Waals surface area contributed by atoms with Gasteiger partial charge in [0.05, 0.1) is 25.7 Å². The van der Waals surface area contributed by atoms with Crippen molar-refractivity contribution in [3.8, 4) is 11.5 Å². The van der Waals surface area contributed by atoms with E-state index in [-0.39, 0.29) is 17.2 Å². The van der Waals surface area contributed by atoms with Gasteiger partial charge in [0.25, 0.3) is 0 Å². The Kier molecular flexibility index (Phi) is 7.27. The predicted molar refractivity (Wildman–Crippen MR) is 110 cm³/mol. The number of amides is 1. The van der Waals surface area contributed by atoms with E-state index in [9.17, 15) is 4.79 Å². The number of carbonyl (C=O) groups excluding carboxylic acids is 1. The highest BCUT2D eigenvalue weighted by molar-refractivity contribution is 7.99. The van der Waals surface area contributed by atoms with Crippen LogP contribution in [0.25, 0.3) is 0 Å². The molecule has 1 heterocycles. The molecule has 152 valence electrons. The zero-order valence-electron chi connectivity index (χ0n) is 16.9. The van der Waals surface area contributed by atoms with Crippen LogP contribution >= 0.6 is 11.8 Å². The van der Waals surface area contributed by atoms with Gasteiger partial charge in [0.1, 0.15) is 0 Å². The predicted octanol–water partition coefficient (Wildman–Crippen LogP) is 2.66. The van der Waals surface area contributed by atoms with Crippen molar-refractivity contribution in [2.45, 2.75) is 38.4 Å². The van der Waals surface area contributed by atoms with Gasteiger partial charge in [0.15, 0.2) is 11.5 Å². The lowest BCUT2D eigenvalue weighted by Gasteiger charge is -2.19. The molecule has 28 heavy (non-hydrogen) atoms. The molecule has 0 spiro atoms. The summed E-state index contributed by atoms with van der Waals surface area (Å²) in [4.78, 5) is 16.1. The number of carbonyl (C=O) groups is 1. The number of nitrogens with one attached hydrogen (secondary N) is 3. The van der Waals surface area contributed by atoms with Crippen molar-refractivity contribution >= 4 is 29.3 Å². The Hall–Kier alpha value is -2.75. The number of hydrogen-bond acceptors (Lipinski definition) is 8. The van der Waals surface area contributed by atoms with Crippen molar-refractivity contribution in [2.75, 3.05) is 25.4 Å². The minimum absolute atomic E-state index is 0.0703. The maximum atomic E-state index is 11.9. The van der Waals surface area contributed by atoms with Gasteiger partial charge in [-0.3, -0.25) is 4.79 Å². The highest BCUT2D eigenvalue weighted by Crippen LogP contribution is 2.27. The van der Waals surface area contributed by atoms with Crippen molar-refractivity contribution < 1.29 is 14.3 Å². The Bertz CT molecular complexity index is 844. The molecule has 1 amide bonds. The number of nitrogens with zero attached hydrogens (tertiary/aromatic N) is 3. The fourth-order valence-corrected chi connectivity index (χ4v) is 2.81.